The van der Waals surface area contributed by atoms with Crippen LogP contribution in [-0.2, 0) is 4.79 Å². The van der Waals surface area contributed by atoms with Gasteiger partial charge in [-0.25, -0.2) is 4.79 Å². The molecule has 0 heterocycles. The highest BCUT2D eigenvalue weighted by atomic mass is 19.1. The highest BCUT2D eigenvalue weighted by Gasteiger charge is 1.91. The predicted octanol–water partition coefficient (Wildman–Crippen LogP) is 3.72. The van der Waals surface area contributed by atoms with Gasteiger partial charge in [0.05, 0.1) is 6.67 Å². The average Bonchev–Trinajstić information content (AvgIpc) is 2.20. The van der Waals surface area contributed by atoms with E-state index in [0.717, 1.165) is 32.1 Å². The fourth-order valence-electron chi connectivity index (χ4n) is 1.42. The summed E-state index contributed by atoms with van der Waals surface area (Å²) in [6.45, 7) is -0.194. The number of allylic oxidation sites excluding steroid dienone is 1. The molecule has 0 aliphatic carbocycles. The number of rotatable bonds is 10. The van der Waals surface area contributed by atoms with Crippen molar-refractivity contribution >= 4 is 5.97 Å². The lowest BCUT2D eigenvalue weighted by atomic mass is 10.1. The molecule has 0 amide bonds. The summed E-state index contributed by atoms with van der Waals surface area (Å²) in [5, 5.41) is 8.32. The number of hydrogen-bond acceptors (Lipinski definition) is 1. The molecule has 88 valence electrons. The summed E-state index contributed by atoms with van der Waals surface area (Å²) in [5.74, 6) is -0.874. The molecule has 0 spiro atoms. The number of hydrogen-bond donors (Lipinski definition) is 1. The van der Waals surface area contributed by atoms with E-state index in [9.17, 15) is 9.18 Å². The maximum atomic E-state index is 11.7. The summed E-state index contributed by atoms with van der Waals surface area (Å²) in [4.78, 5) is 10.1. The standard InChI is InChI=1S/C12H21FO2/c13-11-9-7-5-3-1-2-4-6-8-10-12(14)15/h8,10H,1-7,9,11H2,(H,14,15)/b10-8+. The van der Waals surface area contributed by atoms with Gasteiger partial charge >= 0.3 is 5.97 Å². The van der Waals surface area contributed by atoms with Gasteiger partial charge in [0, 0.05) is 6.08 Å². The van der Waals surface area contributed by atoms with Crippen LogP contribution in [0.15, 0.2) is 12.2 Å². The number of carboxylic acids is 1. The first-order chi connectivity index (χ1) is 7.27. The van der Waals surface area contributed by atoms with Crippen LogP contribution in [-0.4, -0.2) is 17.8 Å². The summed E-state index contributed by atoms with van der Waals surface area (Å²) < 4.78 is 11.7. The fraction of sp³-hybridized carbons (Fsp3) is 0.750. The molecule has 0 aromatic rings. The summed E-state index contributed by atoms with van der Waals surface area (Å²) in [6, 6.07) is 0. The molecule has 0 aliphatic rings. The third-order valence-electron chi connectivity index (χ3n) is 2.26. The minimum Gasteiger partial charge on any atom is -0.478 e. The fourth-order valence-corrected chi connectivity index (χ4v) is 1.42. The van der Waals surface area contributed by atoms with Crippen molar-refractivity contribution in [1.82, 2.24) is 0 Å². The maximum Gasteiger partial charge on any atom is 0.327 e. The monoisotopic (exact) mass is 216 g/mol. The molecule has 2 nitrogen and oxygen atoms in total. The second-order valence-corrected chi connectivity index (χ2v) is 3.69. The van der Waals surface area contributed by atoms with Gasteiger partial charge in [-0.1, -0.05) is 38.2 Å². The van der Waals surface area contributed by atoms with Gasteiger partial charge in [-0.15, -0.1) is 0 Å². The van der Waals surface area contributed by atoms with Crippen molar-refractivity contribution in [3.63, 3.8) is 0 Å². The Morgan fingerprint density at radius 2 is 1.53 bits per heavy atom. The smallest absolute Gasteiger partial charge is 0.327 e. The van der Waals surface area contributed by atoms with Crippen LogP contribution in [0.4, 0.5) is 4.39 Å². The van der Waals surface area contributed by atoms with Crippen molar-refractivity contribution in [2.45, 2.75) is 51.4 Å². The van der Waals surface area contributed by atoms with Crippen molar-refractivity contribution in [3.05, 3.63) is 12.2 Å². The van der Waals surface area contributed by atoms with E-state index in [2.05, 4.69) is 0 Å². The third kappa shape index (κ3) is 13.1. The van der Waals surface area contributed by atoms with Crippen LogP contribution >= 0.6 is 0 Å². The minimum atomic E-state index is -0.874. The molecule has 0 radical (unpaired) electrons. The number of aliphatic carboxylic acids is 1. The maximum absolute atomic E-state index is 11.7. The van der Waals surface area contributed by atoms with E-state index in [-0.39, 0.29) is 6.67 Å². The molecule has 0 saturated heterocycles. The van der Waals surface area contributed by atoms with E-state index in [0.29, 0.717) is 6.42 Å². The van der Waals surface area contributed by atoms with E-state index >= 15 is 0 Å². The lowest BCUT2D eigenvalue weighted by molar-refractivity contribution is -0.131. The molecule has 0 aromatic carbocycles. The average molecular weight is 216 g/mol. The van der Waals surface area contributed by atoms with E-state index in [1.54, 1.807) is 6.08 Å². The molecule has 0 fully saturated rings. The summed E-state index contributed by atoms with van der Waals surface area (Å²) in [7, 11) is 0. The topological polar surface area (TPSA) is 37.3 Å². The lowest BCUT2D eigenvalue weighted by Crippen LogP contribution is -1.85. The Morgan fingerprint density at radius 3 is 2.07 bits per heavy atom. The molecule has 0 aromatic heterocycles. The van der Waals surface area contributed by atoms with Gasteiger partial charge in [-0.3, -0.25) is 4.39 Å². The van der Waals surface area contributed by atoms with Gasteiger partial charge in [0.2, 0.25) is 0 Å². The largest absolute Gasteiger partial charge is 0.478 e. The number of carboxylic acid groups (broad SMARTS) is 1. The van der Waals surface area contributed by atoms with Gasteiger partial charge in [0.25, 0.3) is 0 Å². The Morgan fingerprint density at radius 1 is 1.00 bits per heavy atom. The summed E-state index contributed by atoms with van der Waals surface area (Å²) >= 11 is 0. The van der Waals surface area contributed by atoms with Crippen LogP contribution in [0.3, 0.4) is 0 Å². The Hall–Kier alpha value is -0.860. The zero-order chi connectivity index (χ0) is 11.4. The second-order valence-electron chi connectivity index (χ2n) is 3.69. The molecule has 0 unspecified atom stereocenters. The van der Waals surface area contributed by atoms with E-state index in [1.165, 1.54) is 18.9 Å². The molecule has 0 atom stereocenters. The van der Waals surface area contributed by atoms with Crippen LogP contribution < -0.4 is 0 Å². The molecule has 3 heteroatoms. The minimum absolute atomic E-state index is 0.194. The second kappa shape index (κ2) is 11.2. The van der Waals surface area contributed by atoms with Crippen LogP contribution in [0.25, 0.3) is 0 Å². The van der Waals surface area contributed by atoms with Gasteiger partial charge in [-0.2, -0.15) is 0 Å². The Bertz CT molecular complexity index is 178. The van der Waals surface area contributed by atoms with Crippen molar-refractivity contribution in [1.29, 1.82) is 0 Å². The number of unbranched alkanes of at least 4 members (excludes halogenated alkanes) is 7. The molecule has 0 aliphatic heterocycles. The highest BCUT2D eigenvalue weighted by Crippen LogP contribution is 2.08. The van der Waals surface area contributed by atoms with Gasteiger partial charge < -0.3 is 5.11 Å². The van der Waals surface area contributed by atoms with Gasteiger partial charge in [0.15, 0.2) is 0 Å². The highest BCUT2D eigenvalue weighted by molar-refractivity contribution is 5.79. The summed E-state index contributed by atoms with van der Waals surface area (Å²) in [5.41, 5.74) is 0. The predicted molar refractivity (Wildman–Crippen MR) is 59.7 cm³/mol. The first-order valence-corrected chi connectivity index (χ1v) is 5.73. The molecule has 0 rings (SSSR count). The quantitative estimate of drug-likeness (QED) is 0.446. The first-order valence-electron chi connectivity index (χ1n) is 5.73. The van der Waals surface area contributed by atoms with Crippen molar-refractivity contribution in [2.24, 2.45) is 0 Å². The zero-order valence-corrected chi connectivity index (χ0v) is 9.25. The van der Waals surface area contributed by atoms with Gasteiger partial charge in [-0.05, 0) is 19.3 Å². The number of carbonyl (C=O) groups is 1. The van der Waals surface area contributed by atoms with E-state index < -0.39 is 5.97 Å². The Labute approximate surface area is 91.2 Å². The Balaban J connectivity index is 3.02. The molecular weight excluding hydrogens is 195 g/mol. The third-order valence-corrected chi connectivity index (χ3v) is 2.26. The zero-order valence-electron chi connectivity index (χ0n) is 9.25. The lowest BCUT2D eigenvalue weighted by Gasteiger charge is -1.98. The molecule has 0 bridgehead atoms. The van der Waals surface area contributed by atoms with Gasteiger partial charge in [0.1, 0.15) is 0 Å². The molecular formula is C12H21FO2. The van der Waals surface area contributed by atoms with E-state index in [4.69, 9.17) is 5.11 Å². The first kappa shape index (κ1) is 14.1. The Kier molecular flexibility index (Phi) is 10.6. The number of alkyl halides is 1. The van der Waals surface area contributed by atoms with E-state index in [1.807, 2.05) is 0 Å². The molecule has 1 N–H and O–H groups in total. The summed E-state index contributed by atoms with van der Waals surface area (Å²) in [6.07, 6.45) is 11.1. The van der Waals surface area contributed by atoms with Crippen molar-refractivity contribution < 1.29 is 14.3 Å². The van der Waals surface area contributed by atoms with Crippen molar-refractivity contribution in [2.75, 3.05) is 6.67 Å². The van der Waals surface area contributed by atoms with Crippen LogP contribution in [0, 0.1) is 0 Å². The number of halogens is 1. The normalized spacial score (nSPS) is 11.0. The van der Waals surface area contributed by atoms with Crippen LogP contribution in [0.1, 0.15) is 51.4 Å². The molecule has 0 saturated carbocycles. The van der Waals surface area contributed by atoms with Crippen molar-refractivity contribution in [3.8, 4) is 0 Å². The van der Waals surface area contributed by atoms with Crippen LogP contribution in [0.5, 0.6) is 0 Å². The SMILES string of the molecule is O=C(O)/C=C/CCCCCCCCCF. The molecule has 15 heavy (non-hydrogen) atoms. The van der Waals surface area contributed by atoms with Crippen LogP contribution in [0.2, 0.25) is 0 Å².